The molecule has 1 heterocycles. The van der Waals surface area contributed by atoms with Gasteiger partial charge in [0.1, 0.15) is 5.82 Å². The van der Waals surface area contributed by atoms with Crippen LogP contribution in [0.5, 0.6) is 0 Å². The van der Waals surface area contributed by atoms with Crippen LogP contribution in [0.25, 0.3) is 0 Å². The number of hydrogen-bond acceptors (Lipinski definition) is 4. The quantitative estimate of drug-likeness (QED) is 0.304. The van der Waals surface area contributed by atoms with Gasteiger partial charge < -0.3 is 20.5 Å². The SMILES string of the molecule is Br.Br.CCCC(N[C@H]1CCc2cc(F)cc(Cl)c2C1)C(=O)Nc1cn(C(C)(C)CNC(=O)C(C)(C)C)cn1. The molecule has 2 amide bonds. The molecule has 1 aromatic carbocycles. The van der Waals surface area contributed by atoms with Crippen molar-refractivity contribution in [1.82, 2.24) is 20.2 Å². The van der Waals surface area contributed by atoms with Gasteiger partial charge in [-0.15, -0.1) is 34.0 Å². The maximum absolute atomic E-state index is 13.7. The van der Waals surface area contributed by atoms with Gasteiger partial charge in [-0.1, -0.05) is 45.7 Å². The number of aryl methyl sites for hydroxylation is 1. The minimum Gasteiger partial charge on any atom is -0.353 e. The minimum absolute atomic E-state index is 0. The van der Waals surface area contributed by atoms with Crippen LogP contribution in [0.2, 0.25) is 5.02 Å². The highest BCUT2D eigenvalue weighted by Crippen LogP contribution is 2.29. The smallest absolute Gasteiger partial charge is 0.242 e. The van der Waals surface area contributed by atoms with Gasteiger partial charge in [0.2, 0.25) is 11.8 Å². The molecule has 0 saturated carbocycles. The summed E-state index contributed by atoms with van der Waals surface area (Å²) < 4.78 is 15.6. The van der Waals surface area contributed by atoms with Crippen LogP contribution >= 0.6 is 45.6 Å². The predicted molar refractivity (Wildman–Crippen MR) is 162 cm³/mol. The van der Waals surface area contributed by atoms with E-state index in [-0.39, 0.29) is 63.7 Å². The fourth-order valence-corrected chi connectivity index (χ4v) is 4.68. The molecule has 0 saturated heterocycles. The third kappa shape index (κ3) is 9.03. The zero-order valence-corrected chi connectivity index (χ0v) is 27.2. The first kappa shape index (κ1) is 34.5. The lowest BCUT2D eigenvalue weighted by atomic mass is 9.87. The number of anilines is 1. The fraction of sp³-hybridized carbons (Fsp3) is 0.593. The number of carbonyl (C=O) groups is 2. The first-order valence-electron chi connectivity index (χ1n) is 12.7. The highest BCUT2D eigenvalue weighted by molar-refractivity contribution is 8.93. The van der Waals surface area contributed by atoms with Crippen LogP contribution in [0.1, 0.15) is 71.9 Å². The van der Waals surface area contributed by atoms with E-state index in [9.17, 15) is 14.0 Å². The van der Waals surface area contributed by atoms with Crippen molar-refractivity contribution in [2.45, 2.75) is 91.3 Å². The van der Waals surface area contributed by atoms with Crippen LogP contribution in [0.4, 0.5) is 10.2 Å². The summed E-state index contributed by atoms with van der Waals surface area (Å²) >= 11 is 6.30. The topological polar surface area (TPSA) is 88.0 Å². The van der Waals surface area contributed by atoms with Crippen molar-refractivity contribution in [2.24, 2.45) is 5.41 Å². The molecule has 1 unspecified atom stereocenters. The van der Waals surface area contributed by atoms with E-state index in [1.165, 1.54) is 6.07 Å². The summed E-state index contributed by atoms with van der Waals surface area (Å²) in [7, 11) is 0. The first-order chi connectivity index (χ1) is 16.8. The highest BCUT2D eigenvalue weighted by atomic mass is 79.9. The normalized spacial score (nSPS) is 15.9. The summed E-state index contributed by atoms with van der Waals surface area (Å²) in [6.07, 6.45) is 7.16. The summed E-state index contributed by atoms with van der Waals surface area (Å²) in [6.45, 7) is 12.1. The van der Waals surface area contributed by atoms with Crippen LogP contribution in [0.15, 0.2) is 24.7 Å². The second-order valence-electron chi connectivity index (χ2n) is 11.4. The molecule has 1 aromatic heterocycles. The molecule has 1 aliphatic rings. The van der Waals surface area contributed by atoms with Gasteiger partial charge in [-0.05, 0) is 62.8 Å². The lowest BCUT2D eigenvalue weighted by molar-refractivity contribution is -0.128. The van der Waals surface area contributed by atoms with E-state index in [0.717, 1.165) is 30.4 Å². The molecule has 0 radical (unpaired) electrons. The number of imidazole rings is 1. The van der Waals surface area contributed by atoms with Crippen LogP contribution in [0.3, 0.4) is 0 Å². The van der Waals surface area contributed by atoms with Gasteiger partial charge in [0.05, 0.1) is 17.9 Å². The van der Waals surface area contributed by atoms with E-state index >= 15 is 0 Å². The third-order valence-electron chi connectivity index (χ3n) is 6.69. The van der Waals surface area contributed by atoms with Gasteiger partial charge in [0.15, 0.2) is 5.82 Å². The van der Waals surface area contributed by atoms with Crippen molar-refractivity contribution in [3.63, 3.8) is 0 Å². The van der Waals surface area contributed by atoms with Gasteiger partial charge in [0.25, 0.3) is 0 Å². The predicted octanol–water partition coefficient (Wildman–Crippen LogP) is 5.98. The monoisotopic (exact) mass is 679 g/mol. The number of amides is 2. The number of hydrogen-bond donors (Lipinski definition) is 3. The van der Waals surface area contributed by atoms with Crippen LogP contribution in [-0.4, -0.2) is 40.0 Å². The standard InChI is InChI=1S/C27H39ClFN5O2.2BrH/c1-7-8-22(32-19-10-9-17-11-18(29)12-21(28)20(17)13-19)24(35)33-23-14-34(16-31-23)27(5,6)15-30-25(36)26(2,3)4;;/h11-12,14,16,19,22,32H,7-10,13,15H2,1-6H3,(H,30,36)(H,33,35);2*1H/t19-,22?;;/m0../s1. The number of aromatic nitrogens is 2. The molecule has 3 rings (SSSR count). The molecule has 0 spiro atoms. The van der Waals surface area contributed by atoms with E-state index in [1.807, 2.05) is 46.1 Å². The fourth-order valence-electron chi connectivity index (χ4n) is 4.38. The molecule has 0 bridgehead atoms. The molecular weight excluding hydrogens is 641 g/mol. The average molecular weight is 682 g/mol. The van der Waals surface area contributed by atoms with Crippen molar-refractivity contribution < 1.29 is 14.0 Å². The Balaban J connectivity index is 0.00000361. The largest absolute Gasteiger partial charge is 0.353 e. The van der Waals surface area contributed by atoms with Crippen LogP contribution in [-0.2, 0) is 28.0 Å². The lowest BCUT2D eigenvalue weighted by Crippen LogP contribution is -2.47. The molecular formula is C27H41Br2ClFN5O2. The third-order valence-corrected chi connectivity index (χ3v) is 7.03. The molecule has 7 nitrogen and oxygen atoms in total. The number of halogens is 4. The molecule has 11 heteroatoms. The Hall–Kier alpha value is -1.49. The molecule has 2 atom stereocenters. The Labute approximate surface area is 251 Å². The van der Waals surface area contributed by atoms with Crippen molar-refractivity contribution >= 4 is 63.2 Å². The van der Waals surface area contributed by atoms with E-state index in [1.54, 1.807) is 18.6 Å². The number of rotatable bonds is 9. The summed E-state index contributed by atoms with van der Waals surface area (Å²) in [5, 5.41) is 9.87. The van der Waals surface area contributed by atoms with E-state index in [2.05, 4.69) is 20.9 Å². The van der Waals surface area contributed by atoms with Gasteiger partial charge >= 0.3 is 0 Å². The lowest BCUT2D eigenvalue weighted by Gasteiger charge is -2.30. The Bertz CT molecular complexity index is 1100. The van der Waals surface area contributed by atoms with Gasteiger partial charge in [-0.25, -0.2) is 9.37 Å². The molecule has 214 valence electrons. The number of carbonyl (C=O) groups excluding carboxylic acids is 2. The second-order valence-corrected chi connectivity index (χ2v) is 11.8. The van der Waals surface area contributed by atoms with Crippen molar-refractivity contribution in [3.8, 4) is 0 Å². The number of fused-ring (bicyclic) bond motifs is 1. The van der Waals surface area contributed by atoms with E-state index in [4.69, 9.17) is 11.6 Å². The molecule has 0 aliphatic heterocycles. The highest BCUT2D eigenvalue weighted by Gasteiger charge is 2.28. The number of nitrogens with zero attached hydrogens (tertiary/aromatic N) is 2. The maximum Gasteiger partial charge on any atom is 0.242 e. The number of nitrogens with one attached hydrogen (secondary N) is 3. The summed E-state index contributed by atoms with van der Waals surface area (Å²) in [4.78, 5) is 29.8. The van der Waals surface area contributed by atoms with Gasteiger partial charge in [0, 0.05) is 29.2 Å². The van der Waals surface area contributed by atoms with Crippen LogP contribution in [0, 0.1) is 11.2 Å². The van der Waals surface area contributed by atoms with Gasteiger partial charge in [-0.2, -0.15) is 0 Å². The summed E-state index contributed by atoms with van der Waals surface area (Å²) in [6, 6.07) is 2.60. The zero-order chi connectivity index (χ0) is 26.7. The van der Waals surface area contributed by atoms with Gasteiger partial charge in [-0.3, -0.25) is 9.59 Å². The zero-order valence-electron chi connectivity index (χ0n) is 23.0. The average Bonchev–Trinajstić information content (AvgIpc) is 3.26. The molecule has 2 aromatic rings. The molecule has 0 fully saturated rings. The Morgan fingerprint density at radius 1 is 1.21 bits per heavy atom. The molecule has 1 aliphatic carbocycles. The first-order valence-corrected chi connectivity index (χ1v) is 13.0. The van der Waals surface area contributed by atoms with E-state index in [0.29, 0.717) is 30.2 Å². The van der Waals surface area contributed by atoms with Crippen molar-refractivity contribution in [2.75, 3.05) is 11.9 Å². The van der Waals surface area contributed by atoms with Crippen molar-refractivity contribution in [3.05, 3.63) is 46.6 Å². The number of benzene rings is 1. The second kappa shape index (κ2) is 14.2. The summed E-state index contributed by atoms with van der Waals surface area (Å²) in [5.41, 5.74) is 1.01. The van der Waals surface area contributed by atoms with Crippen LogP contribution < -0.4 is 16.0 Å². The molecule has 38 heavy (non-hydrogen) atoms. The Morgan fingerprint density at radius 3 is 2.53 bits per heavy atom. The Morgan fingerprint density at radius 2 is 1.89 bits per heavy atom. The van der Waals surface area contributed by atoms with Crippen molar-refractivity contribution in [1.29, 1.82) is 0 Å². The summed E-state index contributed by atoms with van der Waals surface area (Å²) in [5.74, 6) is -0.00960. The maximum atomic E-state index is 13.7. The molecule has 3 N–H and O–H groups in total. The Kier molecular flexibility index (Phi) is 12.9. The minimum atomic E-state index is -0.465. The van der Waals surface area contributed by atoms with E-state index < -0.39 is 11.0 Å².